The highest BCUT2D eigenvalue weighted by atomic mass is 16.1. The molecule has 0 radical (unpaired) electrons. The Morgan fingerprint density at radius 2 is 2.00 bits per heavy atom. The Hall–Kier alpha value is -1.31. The second-order valence-corrected chi connectivity index (χ2v) is 5.50. The number of carbonyl (C=O) groups excluding carboxylic acids is 1. The quantitative estimate of drug-likeness (QED) is 0.791. The van der Waals surface area contributed by atoms with Gasteiger partial charge in [0.15, 0.2) is 0 Å². The maximum absolute atomic E-state index is 10.6. The summed E-state index contributed by atoms with van der Waals surface area (Å²) in [4.78, 5) is 10.6. The Morgan fingerprint density at radius 1 is 1.33 bits per heavy atom. The smallest absolute Gasteiger partial charge is 0.207 e. The second kappa shape index (κ2) is 6.03. The number of nitrogens with one attached hydrogen (secondary N) is 1. The molecule has 0 bridgehead atoms. The molecule has 1 aromatic carbocycles. The van der Waals surface area contributed by atoms with Gasteiger partial charge < -0.3 is 5.32 Å². The topological polar surface area (TPSA) is 29.1 Å². The molecule has 2 nitrogen and oxygen atoms in total. The first-order valence-corrected chi connectivity index (χ1v) is 7.03. The number of amides is 1. The molecule has 0 aliphatic heterocycles. The second-order valence-electron chi connectivity index (χ2n) is 5.50. The maximum Gasteiger partial charge on any atom is 0.207 e. The average Bonchev–Trinajstić information content (AvgIpc) is 2.46. The highest BCUT2D eigenvalue weighted by Gasteiger charge is 2.35. The molecule has 1 aliphatic rings. The fourth-order valence-electron chi connectivity index (χ4n) is 3.23. The van der Waals surface area contributed by atoms with Crippen molar-refractivity contribution in [3.05, 3.63) is 35.9 Å². The Morgan fingerprint density at radius 3 is 2.56 bits per heavy atom. The molecule has 0 unspecified atom stereocenters. The highest BCUT2D eigenvalue weighted by Crippen LogP contribution is 2.41. The van der Waals surface area contributed by atoms with E-state index in [9.17, 15) is 4.79 Å². The summed E-state index contributed by atoms with van der Waals surface area (Å²) < 4.78 is 0. The van der Waals surface area contributed by atoms with Crippen molar-refractivity contribution < 1.29 is 7.65 Å². The van der Waals surface area contributed by atoms with Crippen molar-refractivity contribution in [1.82, 2.24) is 5.32 Å². The molecule has 0 atom stereocenters. The Labute approximate surface area is 113 Å². The number of carbonyl (C=O) groups is 1. The van der Waals surface area contributed by atoms with Crippen LogP contribution in [0.3, 0.4) is 0 Å². The van der Waals surface area contributed by atoms with Gasteiger partial charge in [0.2, 0.25) is 6.41 Å². The van der Waals surface area contributed by atoms with Gasteiger partial charge in [-0.15, -0.1) is 0 Å². The first-order chi connectivity index (χ1) is 8.80. The van der Waals surface area contributed by atoms with Gasteiger partial charge in [-0.25, -0.2) is 0 Å². The van der Waals surface area contributed by atoms with Gasteiger partial charge in [-0.05, 0) is 37.2 Å². The van der Waals surface area contributed by atoms with E-state index in [0.717, 1.165) is 18.9 Å². The first-order valence-electron chi connectivity index (χ1n) is 7.03. The van der Waals surface area contributed by atoms with E-state index in [2.05, 4.69) is 42.6 Å². The molecule has 1 aromatic rings. The van der Waals surface area contributed by atoms with Gasteiger partial charge in [-0.3, -0.25) is 4.79 Å². The van der Waals surface area contributed by atoms with Gasteiger partial charge in [0.25, 0.3) is 0 Å². The van der Waals surface area contributed by atoms with E-state index in [1.54, 1.807) is 0 Å². The molecular formula is C16H27NO. The third-order valence-electron chi connectivity index (χ3n) is 4.55. The zero-order valence-corrected chi connectivity index (χ0v) is 11.2. The van der Waals surface area contributed by atoms with Crippen LogP contribution in [-0.4, -0.2) is 13.0 Å². The lowest BCUT2D eigenvalue weighted by Gasteiger charge is -2.40. The molecule has 1 aliphatic carbocycles. The summed E-state index contributed by atoms with van der Waals surface area (Å²) in [6.07, 6.45) is 7.06. The van der Waals surface area contributed by atoms with Gasteiger partial charge in [-0.1, -0.05) is 43.7 Å². The zero-order chi connectivity index (χ0) is 12.8. The number of rotatable bonds is 5. The summed E-state index contributed by atoms with van der Waals surface area (Å²) in [6.45, 7) is 3.06. The molecule has 1 saturated carbocycles. The maximum atomic E-state index is 10.6. The van der Waals surface area contributed by atoms with Crippen LogP contribution in [-0.2, 0) is 10.2 Å². The average molecular weight is 249 g/mol. The Kier molecular flexibility index (Phi) is 4.40. The summed E-state index contributed by atoms with van der Waals surface area (Å²) in [5.74, 6) is 0.873. The van der Waals surface area contributed by atoms with Crippen LogP contribution in [0.25, 0.3) is 0 Å². The van der Waals surface area contributed by atoms with Crippen LogP contribution in [0.1, 0.15) is 47.4 Å². The predicted octanol–water partition coefficient (Wildman–Crippen LogP) is 3.76. The van der Waals surface area contributed by atoms with Crippen LogP contribution < -0.4 is 5.32 Å². The number of hydrogen-bond acceptors (Lipinski definition) is 1. The molecule has 0 heterocycles. The van der Waals surface area contributed by atoms with Crippen LogP contribution in [0.5, 0.6) is 0 Å². The van der Waals surface area contributed by atoms with Crippen LogP contribution in [0.4, 0.5) is 0 Å². The van der Waals surface area contributed by atoms with Gasteiger partial charge in [0, 0.05) is 14.8 Å². The van der Waals surface area contributed by atoms with Crippen LogP contribution in [0, 0.1) is 5.92 Å². The molecule has 2 heteroatoms. The van der Waals surface area contributed by atoms with Crippen LogP contribution in [0.2, 0.25) is 0 Å². The zero-order valence-electron chi connectivity index (χ0n) is 11.2. The SMILES string of the molecule is CCC1CCC(CNC=O)(c2ccccc2)CC1.[HH].[HH]. The third-order valence-corrected chi connectivity index (χ3v) is 4.55. The van der Waals surface area contributed by atoms with Crippen molar-refractivity contribution in [2.24, 2.45) is 5.92 Å². The summed E-state index contributed by atoms with van der Waals surface area (Å²) in [7, 11) is 0. The van der Waals surface area contributed by atoms with Crippen molar-refractivity contribution in [2.75, 3.05) is 6.54 Å². The third kappa shape index (κ3) is 2.74. The molecule has 0 aromatic heterocycles. The Balaban J connectivity index is 0.00000180. The van der Waals surface area contributed by atoms with Gasteiger partial charge in [0.05, 0.1) is 0 Å². The molecule has 2 rings (SSSR count). The number of hydrogen-bond donors (Lipinski definition) is 1. The molecule has 18 heavy (non-hydrogen) atoms. The lowest BCUT2D eigenvalue weighted by Crippen LogP contribution is -2.41. The van der Waals surface area contributed by atoms with Gasteiger partial charge in [-0.2, -0.15) is 0 Å². The monoisotopic (exact) mass is 249 g/mol. The van der Waals surface area contributed by atoms with E-state index in [1.807, 2.05) is 0 Å². The lowest BCUT2D eigenvalue weighted by atomic mass is 9.66. The van der Waals surface area contributed by atoms with Gasteiger partial charge >= 0.3 is 0 Å². The highest BCUT2D eigenvalue weighted by molar-refractivity contribution is 5.46. The van der Waals surface area contributed by atoms with Crippen molar-refractivity contribution >= 4 is 6.41 Å². The molecule has 0 saturated heterocycles. The largest absolute Gasteiger partial charge is 0.358 e. The van der Waals surface area contributed by atoms with E-state index in [-0.39, 0.29) is 8.27 Å². The van der Waals surface area contributed by atoms with E-state index in [1.165, 1.54) is 37.7 Å². The Bertz CT molecular complexity index is 375. The molecule has 1 N–H and O–H groups in total. The van der Waals surface area contributed by atoms with Crippen molar-refractivity contribution in [3.8, 4) is 0 Å². The van der Waals surface area contributed by atoms with Crippen molar-refractivity contribution in [1.29, 1.82) is 0 Å². The standard InChI is InChI=1S/C16H23NO.2H2/c1-2-14-8-10-16(11-9-14,12-17-13-18)15-6-4-3-5-7-15;;/h3-7,13-14H,2,8-12H2,1H3,(H,17,18);2*1H. The normalized spacial score (nSPS) is 27.7. The summed E-state index contributed by atoms with van der Waals surface area (Å²) in [6, 6.07) is 10.7. The number of benzene rings is 1. The predicted molar refractivity (Wildman–Crippen MR) is 78.7 cm³/mol. The first kappa shape index (κ1) is 13.1. The fourth-order valence-corrected chi connectivity index (χ4v) is 3.23. The minimum absolute atomic E-state index is 0. The van der Waals surface area contributed by atoms with E-state index in [4.69, 9.17) is 0 Å². The minimum atomic E-state index is 0. The molecular weight excluding hydrogens is 222 g/mol. The van der Waals surface area contributed by atoms with Crippen LogP contribution >= 0.6 is 0 Å². The summed E-state index contributed by atoms with van der Waals surface area (Å²) in [5.41, 5.74) is 1.54. The fraction of sp³-hybridized carbons (Fsp3) is 0.562. The van der Waals surface area contributed by atoms with E-state index >= 15 is 0 Å². The van der Waals surface area contributed by atoms with Crippen molar-refractivity contribution in [3.63, 3.8) is 0 Å². The van der Waals surface area contributed by atoms with Crippen LogP contribution in [0.15, 0.2) is 30.3 Å². The lowest BCUT2D eigenvalue weighted by molar-refractivity contribution is -0.109. The van der Waals surface area contributed by atoms with Gasteiger partial charge in [0.1, 0.15) is 0 Å². The summed E-state index contributed by atoms with van der Waals surface area (Å²) >= 11 is 0. The molecule has 1 amide bonds. The van der Waals surface area contributed by atoms with E-state index in [0.29, 0.717) is 0 Å². The molecule has 0 spiro atoms. The minimum Gasteiger partial charge on any atom is -0.358 e. The van der Waals surface area contributed by atoms with E-state index < -0.39 is 0 Å². The summed E-state index contributed by atoms with van der Waals surface area (Å²) in [5, 5.41) is 2.91. The van der Waals surface area contributed by atoms with Crippen molar-refractivity contribution in [2.45, 2.75) is 44.4 Å². The molecule has 102 valence electrons. The molecule has 1 fully saturated rings.